The molecule has 0 aromatic heterocycles. The third-order valence-electron chi connectivity index (χ3n) is 2.17. The van der Waals surface area contributed by atoms with Crippen molar-refractivity contribution in [3.05, 3.63) is 29.3 Å². The highest BCUT2D eigenvalue weighted by atomic mass is 32.2. The van der Waals surface area contributed by atoms with Crippen LogP contribution in [-0.4, -0.2) is 39.4 Å². The van der Waals surface area contributed by atoms with E-state index in [0.717, 1.165) is 0 Å². The van der Waals surface area contributed by atoms with Crippen molar-refractivity contribution >= 4 is 22.8 Å². The lowest BCUT2D eigenvalue weighted by atomic mass is 10.1. The fourth-order valence-corrected chi connectivity index (χ4v) is 1.74. The first-order chi connectivity index (χ1) is 7.82. The summed E-state index contributed by atoms with van der Waals surface area (Å²) in [5.74, 6) is -0.579. The lowest BCUT2D eigenvalue weighted by Crippen LogP contribution is -2.22. The molecule has 0 heterocycles. The van der Waals surface area contributed by atoms with Gasteiger partial charge < -0.3 is 9.45 Å². The summed E-state index contributed by atoms with van der Waals surface area (Å²) in [6.07, 6.45) is 0. The van der Waals surface area contributed by atoms with Crippen LogP contribution in [0.2, 0.25) is 0 Å². The van der Waals surface area contributed by atoms with Crippen molar-refractivity contribution in [1.82, 2.24) is 4.90 Å². The van der Waals surface area contributed by atoms with Gasteiger partial charge in [-0.2, -0.15) is 0 Å². The van der Waals surface area contributed by atoms with E-state index in [2.05, 4.69) is 0 Å². The van der Waals surface area contributed by atoms with Gasteiger partial charge in [-0.1, -0.05) is 0 Å². The molecule has 1 rings (SSSR count). The molecule has 0 spiro atoms. The molecule has 1 aromatic rings. The van der Waals surface area contributed by atoms with Crippen molar-refractivity contribution < 1.29 is 18.4 Å². The van der Waals surface area contributed by atoms with Gasteiger partial charge in [-0.15, -0.1) is 0 Å². The number of nitrogens with zero attached hydrogens (tertiary/aromatic N) is 1. The molecule has 1 aromatic carbocycles. The van der Waals surface area contributed by atoms with Gasteiger partial charge in [0.25, 0.3) is 5.91 Å². The molecule has 92 valence electrons. The molecule has 5 nitrogen and oxygen atoms in total. The molecule has 0 saturated carbocycles. The number of amides is 1. The van der Waals surface area contributed by atoms with E-state index in [1.54, 1.807) is 14.1 Å². The Morgan fingerprint density at radius 2 is 1.71 bits per heavy atom. The number of carbonyl (C=O) groups is 2. The van der Waals surface area contributed by atoms with Gasteiger partial charge in [0.15, 0.2) is 16.9 Å². The molecule has 0 fully saturated rings. The Kier molecular flexibility index (Phi) is 4.14. The Morgan fingerprint density at radius 1 is 1.18 bits per heavy atom. The van der Waals surface area contributed by atoms with E-state index in [-0.39, 0.29) is 27.7 Å². The average molecular weight is 255 g/mol. The van der Waals surface area contributed by atoms with Crippen molar-refractivity contribution in [2.75, 3.05) is 14.1 Å². The third kappa shape index (κ3) is 3.21. The SMILES string of the molecule is CC(=O)c1cc(C(=O)N(C)C)cc(S(=O)O)c1. The predicted octanol–water partition coefficient (Wildman–Crippen LogP) is 1.17. The van der Waals surface area contributed by atoms with Crippen molar-refractivity contribution in [3.8, 4) is 0 Å². The van der Waals surface area contributed by atoms with E-state index in [0.29, 0.717) is 0 Å². The lowest BCUT2D eigenvalue weighted by molar-refractivity contribution is 0.0827. The molecule has 0 radical (unpaired) electrons. The highest BCUT2D eigenvalue weighted by molar-refractivity contribution is 7.79. The fraction of sp³-hybridized carbons (Fsp3) is 0.273. The van der Waals surface area contributed by atoms with Gasteiger partial charge in [-0.3, -0.25) is 9.59 Å². The number of Topliss-reactive ketones (excluding diaryl/α,β-unsaturated/α-hetero) is 1. The maximum absolute atomic E-state index is 11.7. The van der Waals surface area contributed by atoms with Crippen molar-refractivity contribution in [1.29, 1.82) is 0 Å². The molecule has 0 aliphatic carbocycles. The van der Waals surface area contributed by atoms with Gasteiger partial charge in [0.2, 0.25) is 0 Å². The summed E-state index contributed by atoms with van der Waals surface area (Å²) in [5, 5.41) is 0. The molecule has 17 heavy (non-hydrogen) atoms. The van der Waals surface area contributed by atoms with Crippen molar-refractivity contribution in [2.45, 2.75) is 11.8 Å². The van der Waals surface area contributed by atoms with Crippen molar-refractivity contribution in [3.63, 3.8) is 0 Å². The minimum absolute atomic E-state index is 0.0444. The highest BCUT2D eigenvalue weighted by Crippen LogP contribution is 2.15. The Bertz CT molecular complexity index is 464. The molecule has 0 saturated heterocycles. The molecule has 6 heteroatoms. The molecular formula is C11H13NO4S. The van der Waals surface area contributed by atoms with Gasteiger partial charge in [0.05, 0.1) is 4.90 Å². The Balaban J connectivity index is 3.36. The zero-order chi connectivity index (χ0) is 13.2. The van der Waals surface area contributed by atoms with E-state index < -0.39 is 11.1 Å². The second-order valence-electron chi connectivity index (χ2n) is 3.75. The number of rotatable bonds is 3. The number of ketones is 1. The minimum Gasteiger partial charge on any atom is -0.345 e. The summed E-state index contributed by atoms with van der Waals surface area (Å²) in [5.41, 5.74) is 0.468. The van der Waals surface area contributed by atoms with Crippen LogP contribution < -0.4 is 0 Å². The summed E-state index contributed by atoms with van der Waals surface area (Å²) in [6, 6.07) is 4.04. The summed E-state index contributed by atoms with van der Waals surface area (Å²) in [4.78, 5) is 24.4. The van der Waals surface area contributed by atoms with Gasteiger partial charge in [0, 0.05) is 25.2 Å². The maximum atomic E-state index is 11.7. The molecule has 0 aliphatic heterocycles. The van der Waals surface area contributed by atoms with Crippen LogP contribution in [0.5, 0.6) is 0 Å². The first-order valence-corrected chi connectivity index (χ1v) is 5.92. The molecule has 0 bridgehead atoms. The number of hydrogen-bond acceptors (Lipinski definition) is 3. The van der Waals surface area contributed by atoms with Crippen LogP contribution in [0.3, 0.4) is 0 Å². The van der Waals surface area contributed by atoms with Crippen LogP contribution in [0.4, 0.5) is 0 Å². The topological polar surface area (TPSA) is 74.7 Å². The van der Waals surface area contributed by atoms with Gasteiger partial charge in [0.1, 0.15) is 0 Å². The second-order valence-corrected chi connectivity index (χ2v) is 4.72. The largest absolute Gasteiger partial charge is 0.345 e. The molecular weight excluding hydrogens is 242 g/mol. The Morgan fingerprint density at radius 3 is 2.12 bits per heavy atom. The molecule has 1 amide bonds. The monoisotopic (exact) mass is 255 g/mol. The Hall–Kier alpha value is -1.53. The van der Waals surface area contributed by atoms with E-state index in [1.807, 2.05) is 0 Å². The average Bonchev–Trinajstić information content (AvgIpc) is 2.27. The first kappa shape index (κ1) is 13.5. The predicted molar refractivity (Wildman–Crippen MR) is 63.5 cm³/mol. The lowest BCUT2D eigenvalue weighted by Gasteiger charge is -2.11. The van der Waals surface area contributed by atoms with Crippen LogP contribution in [0.1, 0.15) is 27.6 Å². The Labute approximate surface area is 102 Å². The standard InChI is InChI=1S/C11H13NO4S/c1-7(13)8-4-9(11(14)12(2)3)6-10(5-8)17(15)16/h4-6H,1-3H3,(H,15,16). The quantitative estimate of drug-likeness (QED) is 0.650. The summed E-state index contributed by atoms with van der Waals surface area (Å²) < 4.78 is 20.0. The van der Waals surface area contributed by atoms with Crippen molar-refractivity contribution in [2.24, 2.45) is 0 Å². The second kappa shape index (κ2) is 5.20. The van der Waals surface area contributed by atoms with E-state index in [1.165, 1.54) is 30.0 Å². The van der Waals surface area contributed by atoms with Crippen LogP contribution in [-0.2, 0) is 11.1 Å². The molecule has 1 atom stereocenters. The summed E-state index contributed by atoms with van der Waals surface area (Å²) in [7, 11) is 3.14. The van der Waals surface area contributed by atoms with E-state index in [4.69, 9.17) is 4.55 Å². The van der Waals surface area contributed by atoms with Crippen LogP contribution in [0.25, 0.3) is 0 Å². The molecule has 0 aliphatic rings. The summed E-state index contributed by atoms with van der Waals surface area (Å²) >= 11 is -2.22. The zero-order valence-electron chi connectivity index (χ0n) is 9.76. The highest BCUT2D eigenvalue weighted by Gasteiger charge is 2.14. The normalized spacial score (nSPS) is 12.0. The van der Waals surface area contributed by atoms with E-state index >= 15 is 0 Å². The van der Waals surface area contributed by atoms with E-state index in [9.17, 15) is 13.8 Å². The third-order valence-corrected chi connectivity index (χ3v) is 2.81. The minimum atomic E-state index is -2.22. The molecule has 1 N–H and O–H groups in total. The molecule has 1 unspecified atom stereocenters. The first-order valence-electron chi connectivity index (χ1n) is 4.81. The fourth-order valence-electron chi connectivity index (χ4n) is 1.28. The number of hydrogen-bond donors (Lipinski definition) is 1. The smallest absolute Gasteiger partial charge is 0.253 e. The van der Waals surface area contributed by atoms with Crippen LogP contribution in [0.15, 0.2) is 23.1 Å². The summed E-state index contributed by atoms with van der Waals surface area (Å²) in [6.45, 7) is 1.34. The van der Waals surface area contributed by atoms with Gasteiger partial charge in [-0.25, -0.2) is 4.21 Å². The van der Waals surface area contributed by atoms with Gasteiger partial charge >= 0.3 is 0 Å². The number of benzene rings is 1. The maximum Gasteiger partial charge on any atom is 0.253 e. The zero-order valence-corrected chi connectivity index (χ0v) is 10.6. The van der Waals surface area contributed by atoms with Crippen LogP contribution >= 0.6 is 0 Å². The number of carbonyl (C=O) groups excluding carboxylic acids is 2. The van der Waals surface area contributed by atoms with Gasteiger partial charge in [-0.05, 0) is 25.1 Å². The van der Waals surface area contributed by atoms with Crippen LogP contribution in [0, 0.1) is 0 Å².